The van der Waals surface area contributed by atoms with Gasteiger partial charge < -0.3 is 0 Å². The average molecular weight is 308 g/mol. The highest BCUT2D eigenvalue weighted by Crippen LogP contribution is 2.41. The Morgan fingerprint density at radius 2 is 1.75 bits per heavy atom. The van der Waals surface area contributed by atoms with Crippen molar-refractivity contribution in [2.24, 2.45) is 0 Å². The molecule has 1 fully saturated rings. The van der Waals surface area contributed by atoms with E-state index in [4.69, 9.17) is 11.6 Å². The summed E-state index contributed by atoms with van der Waals surface area (Å²) in [5, 5.41) is 0.571. The monoisotopic (exact) mass is 307 g/mol. The number of thioether (sulfide) groups is 1. The van der Waals surface area contributed by atoms with Gasteiger partial charge >= 0.3 is 0 Å². The van der Waals surface area contributed by atoms with Crippen LogP contribution in [0.4, 0.5) is 10.1 Å². The highest BCUT2D eigenvalue weighted by molar-refractivity contribution is 8.00. The molecule has 1 atom stereocenters. The molecule has 2 nitrogen and oxygen atoms in total. The van der Waals surface area contributed by atoms with Gasteiger partial charge in [-0.2, -0.15) is 0 Å². The summed E-state index contributed by atoms with van der Waals surface area (Å²) >= 11 is 7.44. The third kappa shape index (κ3) is 2.53. The largest absolute Gasteiger partial charge is 0.295 e. The summed E-state index contributed by atoms with van der Waals surface area (Å²) in [6.45, 7) is 0. The van der Waals surface area contributed by atoms with Crippen molar-refractivity contribution in [3.8, 4) is 0 Å². The van der Waals surface area contributed by atoms with E-state index in [2.05, 4.69) is 0 Å². The number of carbonyl (C=O) groups excluding carboxylic acids is 1. The predicted octanol–water partition coefficient (Wildman–Crippen LogP) is 4.26. The fourth-order valence-corrected chi connectivity index (χ4v) is 3.48. The molecule has 0 bridgehead atoms. The fourth-order valence-electron chi connectivity index (χ4n) is 2.18. The molecule has 0 spiro atoms. The molecule has 2 aromatic carbocycles. The maximum absolute atomic E-state index is 13.0. The maximum Gasteiger partial charge on any atom is 0.238 e. The van der Waals surface area contributed by atoms with Crippen molar-refractivity contribution >= 4 is 35.0 Å². The number of benzene rings is 2. The molecule has 0 N–H and O–H groups in total. The minimum Gasteiger partial charge on any atom is -0.295 e. The standard InChI is InChI=1S/C15H11ClFNOS/c16-11-3-1-10(2-4-11)15-18(14(19)9-20-15)13-7-5-12(17)6-8-13/h1-8,15H,9H2/t15-/m0/s1. The zero-order valence-corrected chi connectivity index (χ0v) is 12.0. The topological polar surface area (TPSA) is 20.3 Å². The number of rotatable bonds is 2. The SMILES string of the molecule is O=C1CS[C@@H](c2ccc(Cl)cc2)N1c1ccc(F)cc1. The van der Waals surface area contributed by atoms with Crippen LogP contribution in [0.3, 0.4) is 0 Å². The first kappa shape index (κ1) is 13.5. The molecular formula is C15H11ClFNOS. The summed E-state index contributed by atoms with van der Waals surface area (Å²) in [5.74, 6) is 0.141. The van der Waals surface area contributed by atoms with E-state index < -0.39 is 0 Å². The van der Waals surface area contributed by atoms with Crippen molar-refractivity contribution in [2.45, 2.75) is 5.37 Å². The van der Waals surface area contributed by atoms with Gasteiger partial charge in [-0.1, -0.05) is 23.7 Å². The van der Waals surface area contributed by atoms with Crippen LogP contribution in [0, 0.1) is 5.82 Å². The molecule has 1 aliphatic heterocycles. The zero-order chi connectivity index (χ0) is 14.1. The Balaban J connectivity index is 1.96. The summed E-state index contributed by atoms with van der Waals surface area (Å²) in [5.41, 5.74) is 1.72. The van der Waals surface area contributed by atoms with E-state index in [9.17, 15) is 9.18 Å². The zero-order valence-electron chi connectivity index (χ0n) is 10.4. The Morgan fingerprint density at radius 3 is 2.40 bits per heavy atom. The van der Waals surface area contributed by atoms with E-state index in [1.807, 2.05) is 24.3 Å². The van der Waals surface area contributed by atoms with Crippen molar-refractivity contribution in [2.75, 3.05) is 10.7 Å². The number of carbonyl (C=O) groups is 1. The Morgan fingerprint density at radius 1 is 1.10 bits per heavy atom. The molecule has 1 saturated heterocycles. The van der Waals surface area contributed by atoms with Crippen molar-refractivity contribution in [3.63, 3.8) is 0 Å². The lowest BCUT2D eigenvalue weighted by Gasteiger charge is -2.24. The van der Waals surface area contributed by atoms with Crippen LogP contribution in [-0.2, 0) is 4.79 Å². The van der Waals surface area contributed by atoms with Gasteiger partial charge in [0.15, 0.2) is 0 Å². The molecule has 1 heterocycles. The third-order valence-electron chi connectivity index (χ3n) is 3.13. The van der Waals surface area contributed by atoms with Crippen LogP contribution in [0.25, 0.3) is 0 Å². The number of halogens is 2. The summed E-state index contributed by atoms with van der Waals surface area (Å²) in [6.07, 6.45) is 0. The first-order valence-electron chi connectivity index (χ1n) is 6.10. The number of nitrogens with zero attached hydrogens (tertiary/aromatic N) is 1. The first-order valence-corrected chi connectivity index (χ1v) is 7.52. The normalized spacial score (nSPS) is 18.6. The molecule has 0 saturated carbocycles. The number of hydrogen-bond acceptors (Lipinski definition) is 2. The number of anilines is 1. The lowest BCUT2D eigenvalue weighted by molar-refractivity contribution is -0.115. The van der Waals surface area contributed by atoms with Crippen molar-refractivity contribution in [3.05, 3.63) is 64.9 Å². The Hall–Kier alpha value is -1.52. The molecule has 3 rings (SSSR count). The molecule has 1 amide bonds. The number of amides is 1. The van der Waals surface area contributed by atoms with E-state index in [-0.39, 0.29) is 17.1 Å². The average Bonchev–Trinajstić information content (AvgIpc) is 2.83. The molecule has 102 valence electrons. The van der Waals surface area contributed by atoms with Gasteiger partial charge in [0.2, 0.25) is 5.91 Å². The molecule has 20 heavy (non-hydrogen) atoms. The molecular weight excluding hydrogens is 297 g/mol. The van der Waals surface area contributed by atoms with Crippen molar-refractivity contribution < 1.29 is 9.18 Å². The molecule has 1 aliphatic rings. The Kier molecular flexibility index (Phi) is 3.68. The van der Waals surface area contributed by atoms with Crippen LogP contribution in [0.15, 0.2) is 48.5 Å². The lowest BCUT2D eigenvalue weighted by Crippen LogP contribution is -2.27. The summed E-state index contributed by atoms with van der Waals surface area (Å²) in [7, 11) is 0. The van der Waals surface area contributed by atoms with Gasteiger partial charge in [0.25, 0.3) is 0 Å². The predicted molar refractivity (Wildman–Crippen MR) is 80.5 cm³/mol. The summed E-state index contributed by atoms with van der Waals surface area (Å²) in [6, 6.07) is 13.4. The second-order valence-electron chi connectivity index (χ2n) is 4.46. The Bertz CT molecular complexity index is 629. The molecule has 5 heteroatoms. The summed E-state index contributed by atoms with van der Waals surface area (Å²) < 4.78 is 13.0. The molecule has 0 aliphatic carbocycles. The lowest BCUT2D eigenvalue weighted by atomic mass is 10.2. The van der Waals surface area contributed by atoms with Gasteiger partial charge in [0.1, 0.15) is 11.2 Å². The van der Waals surface area contributed by atoms with E-state index in [0.29, 0.717) is 16.5 Å². The van der Waals surface area contributed by atoms with Crippen molar-refractivity contribution in [1.29, 1.82) is 0 Å². The van der Waals surface area contributed by atoms with Gasteiger partial charge in [-0.05, 0) is 42.0 Å². The van der Waals surface area contributed by atoms with Gasteiger partial charge in [0.05, 0.1) is 5.75 Å². The minimum absolute atomic E-state index is 0.0292. The van der Waals surface area contributed by atoms with Crippen LogP contribution in [0.1, 0.15) is 10.9 Å². The molecule has 2 aromatic rings. The molecule has 0 unspecified atom stereocenters. The van der Waals surface area contributed by atoms with Crippen LogP contribution in [0.5, 0.6) is 0 Å². The second-order valence-corrected chi connectivity index (χ2v) is 5.96. The summed E-state index contributed by atoms with van der Waals surface area (Å²) in [4.78, 5) is 13.8. The smallest absolute Gasteiger partial charge is 0.238 e. The first-order chi connectivity index (χ1) is 9.65. The van der Waals surface area contributed by atoms with Crippen LogP contribution in [0.2, 0.25) is 5.02 Å². The van der Waals surface area contributed by atoms with Crippen LogP contribution in [-0.4, -0.2) is 11.7 Å². The Labute approximate surface area is 125 Å². The number of hydrogen-bond donors (Lipinski definition) is 0. The highest BCUT2D eigenvalue weighted by atomic mass is 35.5. The molecule has 0 aromatic heterocycles. The van der Waals surface area contributed by atoms with Gasteiger partial charge in [0, 0.05) is 10.7 Å². The van der Waals surface area contributed by atoms with Gasteiger partial charge in [-0.25, -0.2) is 4.39 Å². The van der Waals surface area contributed by atoms with E-state index in [1.165, 1.54) is 12.1 Å². The quantitative estimate of drug-likeness (QED) is 0.826. The van der Waals surface area contributed by atoms with Gasteiger partial charge in [-0.15, -0.1) is 11.8 Å². The maximum atomic E-state index is 13.0. The molecule has 0 radical (unpaired) electrons. The van der Waals surface area contributed by atoms with E-state index in [1.54, 1.807) is 28.8 Å². The van der Waals surface area contributed by atoms with E-state index in [0.717, 1.165) is 5.56 Å². The van der Waals surface area contributed by atoms with E-state index >= 15 is 0 Å². The third-order valence-corrected chi connectivity index (χ3v) is 4.59. The highest BCUT2D eigenvalue weighted by Gasteiger charge is 2.33. The van der Waals surface area contributed by atoms with Crippen LogP contribution >= 0.6 is 23.4 Å². The fraction of sp³-hybridized carbons (Fsp3) is 0.133. The van der Waals surface area contributed by atoms with Crippen LogP contribution < -0.4 is 4.90 Å². The van der Waals surface area contributed by atoms with Gasteiger partial charge in [-0.3, -0.25) is 9.69 Å². The minimum atomic E-state index is -0.309. The van der Waals surface area contributed by atoms with Crippen molar-refractivity contribution in [1.82, 2.24) is 0 Å². The second kappa shape index (κ2) is 5.46.